The molecule has 0 bridgehead atoms. The van der Waals surface area contributed by atoms with Crippen LogP contribution in [0.4, 0.5) is 11.5 Å². The van der Waals surface area contributed by atoms with Crippen molar-refractivity contribution in [1.29, 1.82) is 0 Å². The molecular formula is C17H14ClN5. The van der Waals surface area contributed by atoms with Crippen molar-refractivity contribution in [2.24, 2.45) is 0 Å². The van der Waals surface area contributed by atoms with E-state index in [-0.39, 0.29) is 0 Å². The van der Waals surface area contributed by atoms with E-state index in [1.54, 1.807) is 12.3 Å². The number of hydrogen-bond donors (Lipinski definition) is 2. The Balaban J connectivity index is 2.21. The molecule has 0 saturated carbocycles. The van der Waals surface area contributed by atoms with E-state index in [1.807, 2.05) is 41.7 Å². The Morgan fingerprint density at radius 2 is 1.91 bits per heavy atom. The number of aryl methyl sites for hydroxylation is 1. The van der Waals surface area contributed by atoms with E-state index in [4.69, 9.17) is 23.1 Å². The fraction of sp³-hybridized carbons (Fsp3) is 0.0588. The van der Waals surface area contributed by atoms with Gasteiger partial charge in [-0.25, -0.2) is 9.97 Å². The number of fused-ring (bicyclic) bond motifs is 3. The van der Waals surface area contributed by atoms with Crippen molar-refractivity contribution in [3.8, 4) is 11.4 Å². The zero-order chi connectivity index (χ0) is 16.1. The molecular weight excluding hydrogens is 310 g/mol. The number of imidazole rings is 1. The molecule has 0 aliphatic carbocycles. The highest BCUT2D eigenvalue weighted by atomic mass is 35.5. The van der Waals surface area contributed by atoms with E-state index in [0.717, 1.165) is 33.5 Å². The molecule has 4 rings (SSSR count). The highest BCUT2D eigenvalue weighted by Gasteiger charge is 2.17. The van der Waals surface area contributed by atoms with Crippen molar-refractivity contribution in [2.45, 2.75) is 6.92 Å². The number of rotatable bonds is 1. The molecule has 114 valence electrons. The molecule has 4 N–H and O–H groups in total. The SMILES string of the molecule is Cc1cccc(Cl)c1-c1ncc2c(N)nc3ccc(N)cc3n12. The monoisotopic (exact) mass is 323 g/mol. The van der Waals surface area contributed by atoms with Crippen molar-refractivity contribution in [3.05, 3.63) is 53.2 Å². The molecule has 0 spiro atoms. The molecule has 2 heterocycles. The summed E-state index contributed by atoms with van der Waals surface area (Å²) in [6.45, 7) is 2.00. The van der Waals surface area contributed by atoms with Gasteiger partial charge >= 0.3 is 0 Å². The van der Waals surface area contributed by atoms with Gasteiger partial charge in [-0.15, -0.1) is 0 Å². The van der Waals surface area contributed by atoms with Crippen LogP contribution in [-0.2, 0) is 0 Å². The lowest BCUT2D eigenvalue weighted by Crippen LogP contribution is -2.01. The van der Waals surface area contributed by atoms with Gasteiger partial charge in [-0.1, -0.05) is 23.7 Å². The van der Waals surface area contributed by atoms with Crippen LogP contribution in [0.1, 0.15) is 5.56 Å². The Morgan fingerprint density at radius 3 is 2.70 bits per heavy atom. The van der Waals surface area contributed by atoms with Crippen molar-refractivity contribution in [3.63, 3.8) is 0 Å². The predicted octanol–water partition coefficient (Wildman–Crippen LogP) is 3.68. The summed E-state index contributed by atoms with van der Waals surface area (Å²) in [5.41, 5.74) is 17.0. The molecule has 5 nitrogen and oxygen atoms in total. The summed E-state index contributed by atoms with van der Waals surface area (Å²) in [6, 6.07) is 11.3. The van der Waals surface area contributed by atoms with Gasteiger partial charge in [0.1, 0.15) is 17.2 Å². The topological polar surface area (TPSA) is 82.2 Å². The molecule has 0 aliphatic heterocycles. The van der Waals surface area contributed by atoms with Crippen LogP contribution in [0.3, 0.4) is 0 Å². The Kier molecular flexibility index (Phi) is 2.92. The average molecular weight is 324 g/mol. The second-order valence-corrected chi connectivity index (χ2v) is 5.89. The number of hydrogen-bond acceptors (Lipinski definition) is 4. The summed E-state index contributed by atoms with van der Waals surface area (Å²) >= 11 is 6.42. The normalized spacial score (nSPS) is 11.4. The van der Waals surface area contributed by atoms with Crippen molar-refractivity contribution in [2.75, 3.05) is 11.5 Å². The van der Waals surface area contributed by atoms with Crippen molar-refractivity contribution < 1.29 is 0 Å². The minimum absolute atomic E-state index is 0.422. The van der Waals surface area contributed by atoms with Crippen molar-refractivity contribution in [1.82, 2.24) is 14.4 Å². The highest BCUT2D eigenvalue weighted by Crippen LogP contribution is 2.33. The van der Waals surface area contributed by atoms with E-state index in [2.05, 4.69) is 9.97 Å². The molecule has 0 amide bonds. The first-order valence-corrected chi connectivity index (χ1v) is 7.51. The number of nitrogens with two attached hydrogens (primary N) is 2. The summed E-state index contributed by atoms with van der Waals surface area (Å²) in [5, 5.41) is 0.643. The van der Waals surface area contributed by atoms with Gasteiger partial charge < -0.3 is 11.5 Å². The van der Waals surface area contributed by atoms with Crippen molar-refractivity contribution >= 4 is 39.7 Å². The number of nitrogens with zero attached hydrogens (tertiary/aromatic N) is 3. The maximum atomic E-state index is 6.42. The first-order chi connectivity index (χ1) is 11.1. The number of benzene rings is 2. The molecule has 0 aliphatic rings. The fourth-order valence-electron chi connectivity index (χ4n) is 2.87. The summed E-state index contributed by atoms with van der Waals surface area (Å²) in [5.74, 6) is 1.15. The molecule has 2 aromatic carbocycles. The van der Waals surface area contributed by atoms with E-state index in [0.29, 0.717) is 16.5 Å². The highest BCUT2D eigenvalue weighted by molar-refractivity contribution is 6.33. The standard InChI is InChI=1S/C17H14ClN5/c1-9-3-2-4-11(18)15(9)17-21-8-14-16(20)22-12-6-5-10(19)7-13(12)23(14)17/h2-8H,19H2,1H3,(H2,20,22). The molecule has 0 unspecified atom stereocenters. The van der Waals surface area contributed by atoms with Crippen LogP contribution in [0.25, 0.3) is 27.9 Å². The second-order valence-electron chi connectivity index (χ2n) is 5.48. The maximum Gasteiger partial charge on any atom is 0.150 e. The molecule has 4 aromatic rings. The summed E-state index contributed by atoms with van der Waals surface area (Å²) in [4.78, 5) is 8.97. The Morgan fingerprint density at radius 1 is 1.09 bits per heavy atom. The average Bonchev–Trinajstić information content (AvgIpc) is 2.94. The van der Waals surface area contributed by atoms with E-state index >= 15 is 0 Å². The second kappa shape index (κ2) is 4.86. The lowest BCUT2D eigenvalue weighted by atomic mass is 10.1. The van der Waals surface area contributed by atoms with E-state index in [1.165, 1.54) is 0 Å². The Bertz CT molecular complexity index is 1050. The van der Waals surface area contributed by atoms with Gasteiger partial charge in [0.25, 0.3) is 0 Å². The third-order valence-corrected chi connectivity index (χ3v) is 4.27. The zero-order valence-corrected chi connectivity index (χ0v) is 13.2. The number of aromatic nitrogens is 3. The number of anilines is 2. The Labute approximate surface area is 137 Å². The van der Waals surface area contributed by atoms with Gasteiger partial charge in [0.2, 0.25) is 0 Å². The summed E-state index contributed by atoms with van der Waals surface area (Å²) in [7, 11) is 0. The minimum Gasteiger partial charge on any atom is -0.399 e. The quantitative estimate of drug-likeness (QED) is 0.523. The lowest BCUT2D eigenvalue weighted by molar-refractivity contribution is 1.19. The van der Waals surface area contributed by atoms with Gasteiger partial charge in [-0.05, 0) is 36.8 Å². The number of nitrogen functional groups attached to an aromatic ring is 2. The minimum atomic E-state index is 0.422. The van der Waals surface area contributed by atoms with Gasteiger partial charge in [0.05, 0.1) is 22.3 Å². The third-order valence-electron chi connectivity index (χ3n) is 3.95. The molecule has 0 saturated heterocycles. The molecule has 0 atom stereocenters. The van der Waals surface area contributed by atoms with Crippen LogP contribution >= 0.6 is 11.6 Å². The lowest BCUT2D eigenvalue weighted by Gasteiger charge is -2.11. The van der Waals surface area contributed by atoms with Crippen LogP contribution in [0, 0.1) is 6.92 Å². The van der Waals surface area contributed by atoms with Crippen LogP contribution in [-0.4, -0.2) is 14.4 Å². The van der Waals surface area contributed by atoms with Crippen LogP contribution in [0.5, 0.6) is 0 Å². The van der Waals surface area contributed by atoms with Gasteiger partial charge in [-0.3, -0.25) is 4.40 Å². The first kappa shape index (κ1) is 13.8. The molecule has 0 radical (unpaired) electrons. The smallest absolute Gasteiger partial charge is 0.150 e. The van der Waals surface area contributed by atoms with E-state index < -0.39 is 0 Å². The Hall–Kier alpha value is -2.79. The molecule has 2 aromatic heterocycles. The van der Waals surface area contributed by atoms with Gasteiger partial charge in [0, 0.05) is 11.3 Å². The first-order valence-electron chi connectivity index (χ1n) is 7.14. The largest absolute Gasteiger partial charge is 0.399 e. The molecule has 23 heavy (non-hydrogen) atoms. The predicted molar refractivity (Wildman–Crippen MR) is 94.5 cm³/mol. The summed E-state index contributed by atoms with van der Waals surface area (Å²) < 4.78 is 1.96. The van der Waals surface area contributed by atoms with Crippen LogP contribution < -0.4 is 11.5 Å². The van der Waals surface area contributed by atoms with Gasteiger partial charge in [0.15, 0.2) is 0 Å². The maximum absolute atomic E-state index is 6.42. The third kappa shape index (κ3) is 2.01. The van der Waals surface area contributed by atoms with Gasteiger partial charge in [-0.2, -0.15) is 0 Å². The molecule has 6 heteroatoms. The molecule has 0 fully saturated rings. The fourth-order valence-corrected chi connectivity index (χ4v) is 3.18. The van der Waals surface area contributed by atoms with Crippen LogP contribution in [0.2, 0.25) is 5.02 Å². The number of halogens is 1. The zero-order valence-electron chi connectivity index (χ0n) is 12.4. The van der Waals surface area contributed by atoms with E-state index in [9.17, 15) is 0 Å². The summed E-state index contributed by atoms with van der Waals surface area (Å²) in [6.07, 6.45) is 1.71. The van der Waals surface area contributed by atoms with Crippen LogP contribution in [0.15, 0.2) is 42.6 Å².